The first-order valence-corrected chi connectivity index (χ1v) is 5.92. The fourth-order valence-electron chi connectivity index (χ4n) is 1.17. The Morgan fingerprint density at radius 2 is 2.31 bits per heavy atom. The van der Waals surface area contributed by atoms with Gasteiger partial charge in [0.15, 0.2) is 0 Å². The summed E-state index contributed by atoms with van der Waals surface area (Å²) < 4.78 is 1.62. The van der Waals surface area contributed by atoms with Gasteiger partial charge in [0.1, 0.15) is 0 Å². The van der Waals surface area contributed by atoms with E-state index >= 15 is 0 Å². The van der Waals surface area contributed by atoms with E-state index in [0.29, 0.717) is 16.5 Å². The van der Waals surface area contributed by atoms with Crippen LogP contribution in [0.1, 0.15) is 5.56 Å². The van der Waals surface area contributed by atoms with Crippen LogP contribution in [0.15, 0.2) is 23.4 Å². The molecule has 2 rings (SSSR count). The Morgan fingerprint density at radius 3 is 2.94 bits per heavy atom. The van der Waals surface area contributed by atoms with Gasteiger partial charge in [-0.3, -0.25) is 0 Å². The molecule has 0 unspecified atom stereocenters. The predicted molar refractivity (Wildman–Crippen MR) is 64.2 cm³/mol. The number of hydrogen-bond donors (Lipinski definition) is 1. The van der Waals surface area contributed by atoms with Gasteiger partial charge in [-0.05, 0) is 28.1 Å². The molecular weight excluding hydrogens is 246 g/mol. The van der Waals surface area contributed by atoms with E-state index in [1.165, 1.54) is 11.8 Å². The fourth-order valence-corrected chi connectivity index (χ4v) is 2.36. The van der Waals surface area contributed by atoms with Crippen molar-refractivity contribution >= 4 is 29.1 Å². The molecule has 1 heterocycles. The Kier molecular flexibility index (Phi) is 3.31. The van der Waals surface area contributed by atoms with Crippen molar-refractivity contribution in [3.63, 3.8) is 0 Å². The van der Waals surface area contributed by atoms with Crippen LogP contribution in [-0.4, -0.2) is 20.2 Å². The summed E-state index contributed by atoms with van der Waals surface area (Å²) in [5.74, 6) is 0.716. The second-order valence-electron chi connectivity index (χ2n) is 3.22. The molecular formula is C9H10ClN5S. The van der Waals surface area contributed by atoms with E-state index in [-0.39, 0.29) is 0 Å². The largest absolute Gasteiger partial charge is 0.399 e. The van der Waals surface area contributed by atoms with Crippen LogP contribution in [0.3, 0.4) is 0 Å². The minimum Gasteiger partial charge on any atom is -0.399 e. The number of aromatic nitrogens is 4. The Labute approximate surface area is 102 Å². The lowest BCUT2D eigenvalue weighted by molar-refractivity contribution is 0.664. The third-order valence-corrected chi connectivity index (χ3v) is 3.43. The van der Waals surface area contributed by atoms with Crippen molar-refractivity contribution in [1.29, 1.82) is 0 Å². The number of nitrogen functional groups attached to an aromatic ring is 1. The highest BCUT2D eigenvalue weighted by Crippen LogP contribution is 2.26. The van der Waals surface area contributed by atoms with Crippen molar-refractivity contribution in [2.45, 2.75) is 10.9 Å². The molecule has 0 fully saturated rings. The number of aryl methyl sites for hydroxylation is 1. The SMILES string of the molecule is Cn1nnnc1SCc1ccc(N)cc1Cl. The Morgan fingerprint density at radius 1 is 1.50 bits per heavy atom. The van der Waals surface area contributed by atoms with E-state index in [0.717, 1.165) is 10.7 Å². The second kappa shape index (κ2) is 4.71. The lowest BCUT2D eigenvalue weighted by atomic mass is 10.2. The van der Waals surface area contributed by atoms with Gasteiger partial charge in [0.2, 0.25) is 5.16 Å². The molecule has 0 atom stereocenters. The summed E-state index contributed by atoms with van der Waals surface area (Å²) in [4.78, 5) is 0. The third kappa shape index (κ3) is 2.45. The minimum absolute atomic E-state index is 0.666. The molecule has 7 heteroatoms. The molecule has 1 aromatic heterocycles. The summed E-state index contributed by atoms with van der Waals surface area (Å²) in [6.45, 7) is 0. The van der Waals surface area contributed by atoms with Gasteiger partial charge in [0.25, 0.3) is 0 Å². The second-order valence-corrected chi connectivity index (χ2v) is 4.57. The highest BCUT2D eigenvalue weighted by Gasteiger charge is 2.06. The van der Waals surface area contributed by atoms with Crippen LogP contribution in [0, 0.1) is 0 Å². The van der Waals surface area contributed by atoms with Gasteiger partial charge in [-0.15, -0.1) is 5.10 Å². The molecule has 0 radical (unpaired) electrons. The summed E-state index contributed by atoms with van der Waals surface area (Å²) in [6.07, 6.45) is 0. The van der Waals surface area contributed by atoms with Crippen molar-refractivity contribution in [3.8, 4) is 0 Å². The van der Waals surface area contributed by atoms with Crippen LogP contribution in [0.4, 0.5) is 5.69 Å². The smallest absolute Gasteiger partial charge is 0.209 e. The van der Waals surface area contributed by atoms with Gasteiger partial charge in [-0.2, -0.15) is 0 Å². The molecule has 0 aliphatic heterocycles. The first kappa shape index (κ1) is 11.2. The fraction of sp³-hybridized carbons (Fsp3) is 0.222. The summed E-state index contributed by atoms with van der Waals surface area (Å²) in [7, 11) is 1.80. The molecule has 2 aromatic rings. The first-order valence-electron chi connectivity index (χ1n) is 4.56. The maximum Gasteiger partial charge on any atom is 0.209 e. The lowest BCUT2D eigenvalue weighted by Gasteiger charge is -2.03. The van der Waals surface area contributed by atoms with E-state index in [1.54, 1.807) is 17.8 Å². The van der Waals surface area contributed by atoms with Crippen molar-refractivity contribution in [3.05, 3.63) is 28.8 Å². The number of hydrogen-bond acceptors (Lipinski definition) is 5. The molecule has 2 N–H and O–H groups in total. The number of nitrogens with two attached hydrogens (primary N) is 1. The standard InChI is InChI=1S/C9H10ClN5S/c1-15-9(12-13-14-15)16-5-6-2-3-7(11)4-8(6)10/h2-4H,5,11H2,1H3. The number of rotatable bonds is 3. The summed E-state index contributed by atoms with van der Waals surface area (Å²) in [6, 6.07) is 5.48. The highest BCUT2D eigenvalue weighted by atomic mass is 35.5. The maximum atomic E-state index is 6.06. The van der Waals surface area contributed by atoms with Crippen LogP contribution >= 0.6 is 23.4 Å². The Balaban J connectivity index is 2.08. The highest BCUT2D eigenvalue weighted by molar-refractivity contribution is 7.98. The molecule has 0 spiro atoms. The van der Waals surface area contributed by atoms with E-state index < -0.39 is 0 Å². The molecule has 0 saturated heterocycles. The topological polar surface area (TPSA) is 69.6 Å². The molecule has 0 saturated carbocycles. The summed E-state index contributed by atoms with van der Waals surface area (Å²) in [5, 5.41) is 12.6. The lowest BCUT2D eigenvalue weighted by Crippen LogP contribution is -1.94. The van der Waals surface area contributed by atoms with Crippen molar-refractivity contribution < 1.29 is 0 Å². The van der Waals surface area contributed by atoms with Gasteiger partial charge >= 0.3 is 0 Å². The molecule has 1 aromatic carbocycles. The van der Waals surface area contributed by atoms with Gasteiger partial charge in [-0.25, -0.2) is 4.68 Å². The maximum absolute atomic E-state index is 6.06. The molecule has 5 nitrogen and oxygen atoms in total. The van der Waals surface area contributed by atoms with E-state index in [2.05, 4.69) is 15.5 Å². The quantitative estimate of drug-likeness (QED) is 0.668. The number of thioether (sulfide) groups is 1. The van der Waals surface area contributed by atoms with Crippen molar-refractivity contribution in [2.75, 3.05) is 5.73 Å². The molecule has 16 heavy (non-hydrogen) atoms. The molecule has 0 aliphatic carbocycles. The predicted octanol–water partition coefficient (Wildman–Crippen LogP) is 1.74. The van der Waals surface area contributed by atoms with Gasteiger partial charge in [-0.1, -0.05) is 29.4 Å². The zero-order valence-corrected chi connectivity index (χ0v) is 10.2. The van der Waals surface area contributed by atoms with Crippen LogP contribution in [0.5, 0.6) is 0 Å². The van der Waals surface area contributed by atoms with Crippen molar-refractivity contribution in [2.24, 2.45) is 7.05 Å². The summed E-state index contributed by atoms with van der Waals surface area (Å²) in [5.41, 5.74) is 7.30. The monoisotopic (exact) mass is 255 g/mol. The molecule has 84 valence electrons. The number of halogens is 1. The van der Waals surface area contributed by atoms with E-state index in [1.807, 2.05) is 12.1 Å². The number of anilines is 1. The first-order chi connectivity index (χ1) is 7.66. The van der Waals surface area contributed by atoms with Crippen LogP contribution < -0.4 is 5.73 Å². The molecule has 0 bridgehead atoms. The number of tetrazole rings is 1. The van der Waals surface area contributed by atoms with E-state index in [9.17, 15) is 0 Å². The summed E-state index contributed by atoms with van der Waals surface area (Å²) >= 11 is 7.59. The average molecular weight is 256 g/mol. The van der Waals surface area contributed by atoms with Crippen LogP contribution in [0.2, 0.25) is 5.02 Å². The van der Waals surface area contributed by atoms with Crippen LogP contribution in [-0.2, 0) is 12.8 Å². The van der Waals surface area contributed by atoms with Gasteiger partial charge < -0.3 is 5.73 Å². The minimum atomic E-state index is 0.666. The zero-order valence-electron chi connectivity index (χ0n) is 8.59. The molecule has 0 aliphatic rings. The average Bonchev–Trinajstić information content (AvgIpc) is 2.63. The van der Waals surface area contributed by atoms with Gasteiger partial charge in [0, 0.05) is 23.5 Å². The normalized spacial score (nSPS) is 10.6. The van der Waals surface area contributed by atoms with Crippen molar-refractivity contribution in [1.82, 2.24) is 20.2 Å². The Hall–Kier alpha value is -1.27. The Bertz CT molecular complexity index is 498. The van der Waals surface area contributed by atoms with Crippen LogP contribution in [0.25, 0.3) is 0 Å². The molecule has 0 amide bonds. The van der Waals surface area contributed by atoms with E-state index in [4.69, 9.17) is 17.3 Å². The number of nitrogens with zero attached hydrogens (tertiary/aromatic N) is 4. The van der Waals surface area contributed by atoms with Gasteiger partial charge in [0.05, 0.1) is 0 Å². The zero-order chi connectivity index (χ0) is 11.5. The third-order valence-electron chi connectivity index (χ3n) is 2.02. The number of benzene rings is 1.